The zero-order chi connectivity index (χ0) is 17.7. The maximum absolute atomic E-state index is 3.97. The molecule has 0 spiro atoms. The predicted molar refractivity (Wildman–Crippen MR) is 113 cm³/mol. The Labute approximate surface area is 159 Å². The average Bonchev–Trinajstić information content (AvgIpc) is 2.66. The molecule has 0 aliphatic heterocycles. The molecule has 0 heterocycles. The van der Waals surface area contributed by atoms with E-state index in [9.17, 15) is 0 Å². The van der Waals surface area contributed by atoms with Gasteiger partial charge in [-0.15, -0.1) is 6.58 Å². The third-order valence-corrected chi connectivity index (χ3v) is 7.38. The Kier molecular flexibility index (Phi) is 10.9. The van der Waals surface area contributed by atoms with E-state index in [1.807, 2.05) is 0 Å². The zero-order valence-electron chi connectivity index (χ0n) is 17.3. The first-order valence-corrected chi connectivity index (χ1v) is 11.9. The SMILES string of the molecule is C=CC1CCC(CCCCC2CCC(CCCCCCC)CC2)CC1. The number of hydrogen-bond donors (Lipinski definition) is 0. The molecule has 0 bridgehead atoms. The van der Waals surface area contributed by atoms with Gasteiger partial charge in [0.2, 0.25) is 0 Å². The Morgan fingerprint density at radius 1 is 0.600 bits per heavy atom. The fraction of sp³-hybridized carbons (Fsp3) is 0.920. The van der Waals surface area contributed by atoms with Crippen molar-refractivity contribution in [1.29, 1.82) is 0 Å². The van der Waals surface area contributed by atoms with Gasteiger partial charge in [0.05, 0.1) is 0 Å². The summed E-state index contributed by atoms with van der Waals surface area (Å²) >= 11 is 0. The maximum Gasteiger partial charge on any atom is -0.0236 e. The van der Waals surface area contributed by atoms with Crippen LogP contribution in [0, 0.1) is 23.7 Å². The van der Waals surface area contributed by atoms with Crippen molar-refractivity contribution in [2.45, 2.75) is 122 Å². The molecule has 0 amide bonds. The molecule has 146 valence electrons. The highest BCUT2D eigenvalue weighted by atomic mass is 14.3. The molecule has 25 heavy (non-hydrogen) atoms. The molecule has 0 aromatic carbocycles. The summed E-state index contributed by atoms with van der Waals surface area (Å²) in [7, 11) is 0. The molecule has 0 atom stereocenters. The van der Waals surface area contributed by atoms with Gasteiger partial charge in [-0.3, -0.25) is 0 Å². The Morgan fingerprint density at radius 2 is 1.00 bits per heavy atom. The van der Waals surface area contributed by atoms with E-state index in [-0.39, 0.29) is 0 Å². The smallest absolute Gasteiger partial charge is 0.0236 e. The Balaban J connectivity index is 1.43. The second kappa shape index (κ2) is 13.0. The topological polar surface area (TPSA) is 0 Å². The van der Waals surface area contributed by atoms with Gasteiger partial charge in [-0.2, -0.15) is 0 Å². The minimum absolute atomic E-state index is 0.832. The van der Waals surface area contributed by atoms with Gasteiger partial charge in [0.15, 0.2) is 0 Å². The molecule has 0 radical (unpaired) electrons. The summed E-state index contributed by atoms with van der Waals surface area (Å²) in [5.74, 6) is 4.03. The van der Waals surface area contributed by atoms with Crippen LogP contribution >= 0.6 is 0 Å². The van der Waals surface area contributed by atoms with Crippen molar-refractivity contribution >= 4 is 0 Å². The molecule has 2 fully saturated rings. The maximum atomic E-state index is 3.97. The first-order chi connectivity index (χ1) is 12.3. The summed E-state index contributed by atoms with van der Waals surface area (Å²) in [6.45, 7) is 6.28. The molecular weight excluding hydrogens is 300 g/mol. The number of hydrogen-bond acceptors (Lipinski definition) is 0. The molecule has 2 aliphatic carbocycles. The molecule has 0 heteroatoms. The van der Waals surface area contributed by atoms with Gasteiger partial charge in [0, 0.05) is 0 Å². The minimum Gasteiger partial charge on any atom is -0.103 e. The second-order valence-electron chi connectivity index (χ2n) is 9.39. The standard InChI is InChI=1S/C25H46/c1-3-5-6-7-8-11-23-18-20-25(21-19-23)13-10-9-12-24-16-14-22(4-2)15-17-24/h4,22-25H,2-3,5-21H2,1H3. The third kappa shape index (κ3) is 8.78. The van der Waals surface area contributed by atoms with Crippen LogP contribution in [0.3, 0.4) is 0 Å². The Morgan fingerprint density at radius 3 is 1.44 bits per heavy atom. The number of unbranched alkanes of at least 4 members (excludes halogenated alkanes) is 5. The van der Waals surface area contributed by atoms with Crippen LogP contribution in [0.15, 0.2) is 12.7 Å². The van der Waals surface area contributed by atoms with E-state index in [1.165, 1.54) is 89.9 Å². The lowest BCUT2D eigenvalue weighted by Gasteiger charge is -2.29. The van der Waals surface area contributed by atoms with E-state index in [2.05, 4.69) is 19.6 Å². The van der Waals surface area contributed by atoms with E-state index in [1.54, 1.807) is 25.7 Å². The van der Waals surface area contributed by atoms with Crippen molar-refractivity contribution < 1.29 is 0 Å². The molecule has 0 aromatic heterocycles. The van der Waals surface area contributed by atoms with Gasteiger partial charge in [-0.25, -0.2) is 0 Å². The summed E-state index contributed by atoms with van der Waals surface area (Å²) in [5, 5.41) is 0. The molecule has 0 nitrogen and oxygen atoms in total. The largest absolute Gasteiger partial charge is 0.103 e. The first-order valence-electron chi connectivity index (χ1n) is 11.9. The Hall–Kier alpha value is -0.260. The molecule has 0 saturated heterocycles. The lowest BCUT2D eigenvalue weighted by molar-refractivity contribution is 0.239. The molecule has 2 rings (SSSR count). The molecule has 2 saturated carbocycles. The van der Waals surface area contributed by atoms with E-state index in [0.717, 1.165) is 23.7 Å². The normalized spacial score (nSPS) is 30.3. The van der Waals surface area contributed by atoms with Crippen molar-refractivity contribution in [3.63, 3.8) is 0 Å². The van der Waals surface area contributed by atoms with Crippen molar-refractivity contribution in [3.8, 4) is 0 Å². The van der Waals surface area contributed by atoms with Gasteiger partial charge >= 0.3 is 0 Å². The van der Waals surface area contributed by atoms with Crippen molar-refractivity contribution in [3.05, 3.63) is 12.7 Å². The summed E-state index contributed by atoms with van der Waals surface area (Å²) in [6, 6.07) is 0. The summed E-state index contributed by atoms with van der Waals surface area (Å²) < 4.78 is 0. The monoisotopic (exact) mass is 346 g/mol. The lowest BCUT2D eigenvalue weighted by atomic mass is 9.77. The van der Waals surface area contributed by atoms with Gasteiger partial charge in [0.1, 0.15) is 0 Å². The Bertz CT molecular complexity index is 315. The van der Waals surface area contributed by atoms with Crippen LogP contribution < -0.4 is 0 Å². The quantitative estimate of drug-likeness (QED) is 0.245. The van der Waals surface area contributed by atoms with E-state index in [0.29, 0.717) is 0 Å². The highest BCUT2D eigenvalue weighted by molar-refractivity contribution is 4.84. The number of allylic oxidation sites excluding steroid dienone is 1. The average molecular weight is 347 g/mol. The molecule has 0 unspecified atom stereocenters. The predicted octanol–water partition coefficient (Wildman–Crippen LogP) is 8.71. The van der Waals surface area contributed by atoms with Crippen LogP contribution in [0.5, 0.6) is 0 Å². The molecule has 0 N–H and O–H groups in total. The number of rotatable bonds is 12. The fourth-order valence-corrected chi connectivity index (χ4v) is 5.42. The highest BCUT2D eigenvalue weighted by Crippen LogP contribution is 2.36. The second-order valence-corrected chi connectivity index (χ2v) is 9.39. The van der Waals surface area contributed by atoms with Crippen LogP contribution in [-0.2, 0) is 0 Å². The van der Waals surface area contributed by atoms with Crippen molar-refractivity contribution in [2.75, 3.05) is 0 Å². The summed E-state index contributed by atoms with van der Waals surface area (Å²) in [4.78, 5) is 0. The van der Waals surface area contributed by atoms with E-state index < -0.39 is 0 Å². The molecular formula is C25H46. The highest BCUT2D eigenvalue weighted by Gasteiger charge is 2.21. The fourth-order valence-electron chi connectivity index (χ4n) is 5.42. The van der Waals surface area contributed by atoms with Crippen molar-refractivity contribution in [2.24, 2.45) is 23.7 Å². The molecule has 2 aliphatic rings. The van der Waals surface area contributed by atoms with Gasteiger partial charge < -0.3 is 0 Å². The minimum atomic E-state index is 0.832. The summed E-state index contributed by atoms with van der Waals surface area (Å²) in [6.07, 6.45) is 29.0. The summed E-state index contributed by atoms with van der Waals surface area (Å²) in [5.41, 5.74) is 0. The van der Waals surface area contributed by atoms with Gasteiger partial charge in [-0.05, 0) is 49.4 Å². The molecule has 0 aromatic rings. The third-order valence-electron chi connectivity index (χ3n) is 7.38. The van der Waals surface area contributed by atoms with E-state index in [4.69, 9.17) is 0 Å². The van der Waals surface area contributed by atoms with E-state index >= 15 is 0 Å². The van der Waals surface area contributed by atoms with Crippen LogP contribution in [-0.4, -0.2) is 0 Å². The van der Waals surface area contributed by atoms with Crippen LogP contribution in [0.4, 0.5) is 0 Å². The van der Waals surface area contributed by atoms with Crippen LogP contribution in [0.25, 0.3) is 0 Å². The van der Waals surface area contributed by atoms with Crippen LogP contribution in [0.2, 0.25) is 0 Å². The van der Waals surface area contributed by atoms with Gasteiger partial charge in [0.25, 0.3) is 0 Å². The van der Waals surface area contributed by atoms with Crippen molar-refractivity contribution in [1.82, 2.24) is 0 Å². The lowest BCUT2D eigenvalue weighted by Crippen LogP contribution is -2.15. The first kappa shape index (κ1) is 21.0. The zero-order valence-corrected chi connectivity index (χ0v) is 17.3. The van der Waals surface area contributed by atoms with Crippen LogP contribution in [0.1, 0.15) is 122 Å². The van der Waals surface area contributed by atoms with Gasteiger partial charge in [-0.1, -0.05) is 103 Å².